The second kappa shape index (κ2) is 13.4. The molecule has 0 spiro atoms. The fraction of sp³-hybridized carbons (Fsp3) is 0.680. The van der Waals surface area contributed by atoms with Crippen LogP contribution in [0.5, 0.6) is 0 Å². The SMILES string of the molecule is CC1C(C)C(C)C([Si](C)(C)C2CCC(Cc3ccccc3)C2)C1C.[CH3-].[CH3-].[Cl][Zr+2][Cl]. The Labute approximate surface area is 202 Å². The van der Waals surface area contributed by atoms with Crippen LogP contribution >= 0.6 is 17.0 Å². The standard InChI is InChI=1S/C23H38Si.2CH3.2ClH.Zr/c1-16-17(2)19(4)23(18(16)3)24(5,6)22-13-12-21(15-22)14-20-10-8-7-9-11-20;;;;;/h7-11,16-19,21-23H,12-15H2,1-6H3;2*1H3;2*1H;/q;2*-1;;;+4/p-2. The normalized spacial score (nSPS) is 33.6. The van der Waals surface area contributed by atoms with Crippen molar-refractivity contribution in [3.8, 4) is 0 Å². The molecule has 166 valence electrons. The Morgan fingerprint density at radius 2 is 1.34 bits per heavy atom. The molecule has 2 fully saturated rings. The molecular formula is C25H44Cl2SiZr. The van der Waals surface area contributed by atoms with Gasteiger partial charge < -0.3 is 14.9 Å². The molecule has 0 saturated heterocycles. The number of hydrogen-bond donors (Lipinski definition) is 0. The molecule has 0 aromatic heterocycles. The van der Waals surface area contributed by atoms with Gasteiger partial charge in [-0.15, -0.1) is 0 Å². The van der Waals surface area contributed by atoms with Crippen molar-refractivity contribution in [2.24, 2.45) is 29.6 Å². The van der Waals surface area contributed by atoms with Crippen molar-refractivity contribution in [1.82, 2.24) is 0 Å². The van der Waals surface area contributed by atoms with Gasteiger partial charge in [-0.3, -0.25) is 0 Å². The molecule has 3 rings (SSSR count). The number of benzene rings is 1. The quantitative estimate of drug-likeness (QED) is 0.267. The Hall–Kier alpha value is 0.900. The molecule has 0 bridgehead atoms. The van der Waals surface area contributed by atoms with E-state index in [0.29, 0.717) is 0 Å². The van der Waals surface area contributed by atoms with Crippen molar-refractivity contribution in [3.05, 3.63) is 50.7 Å². The van der Waals surface area contributed by atoms with E-state index in [1.807, 2.05) is 0 Å². The topological polar surface area (TPSA) is 0 Å². The van der Waals surface area contributed by atoms with Gasteiger partial charge in [0.2, 0.25) is 0 Å². The van der Waals surface area contributed by atoms with E-state index in [2.05, 4.69) is 71.1 Å². The summed E-state index contributed by atoms with van der Waals surface area (Å²) < 4.78 is 0. The van der Waals surface area contributed by atoms with Gasteiger partial charge in [-0.2, -0.15) is 0 Å². The monoisotopic (exact) mass is 532 g/mol. The summed E-state index contributed by atoms with van der Waals surface area (Å²) in [7, 11) is 8.66. The van der Waals surface area contributed by atoms with E-state index in [4.69, 9.17) is 17.0 Å². The summed E-state index contributed by atoms with van der Waals surface area (Å²) in [5, 5.41) is 0. The number of hydrogen-bond acceptors (Lipinski definition) is 0. The van der Waals surface area contributed by atoms with Crippen LogP contribution in [0.1, 0.15) is 52.5 Å². The number of halogens is 2. The molecule has 6 atom stereocenters. The minimum absolute atomic E-state index is 0. The first-order valence-electron chi connectivity index (χ1n) is 10.7. The zero-order chi connectivity index (χ0) is 20.2. The van der Waals surface area contributed by atoms with E-state index in [-0.39, 0.29) is 14.9 Å². The van der Waals surface area contributed by atoms with Crippen LogP contribution < -0.4 is 0 Å². The van der Waals surface area contributed by atoms with Crippen molar-refractivity contribution in [2.45, 2.75) is 77.6 Å². The van der Waals surface area contributed by atoms with Gasteiger partial charge in [0.05, 0.1) is 8.07 Å². The van der Waals surface area contributed by atoms with Crippen LogP contribution in [0.4, 0.5) is 0 Å². The maximum atomic E-state index is 4.93. The first-order valence-corrected chi connectivity index (χ1v) is 20.2. The second-order valence-corrected chi connectivity index (χ2v) is 18.8. The first-order chi connectivity index (χ1) is 12.7. The molecular weight excluding hydrogens is 490 g/mol. The Morgan fingerprint density at radius 3 is 1.83 bits per heavy atom. The third-order valence-corrected chi connectivity index (χ3v) is 13.8. The van der Waals surface area contributed by atoms with Crippen LogP contribution in [0.15, 0.2) is 30.3 Å². The molecule has 1 aromatic carbocycles. The Bertz CT molecular complexity index is 551. The maximum absolute atomic E-state index is 4.93. The van der Waals surface area contributed by atoms with Crippen LogP contribution in [-0.4, -0.2) is 8.07 Å². The van der Waals surface area contributed by atoms with Crippen molar-refractivity contribution < 1.29 is 20.8 Å². The Kier molecular flexibility index (Phi) is 13.9. The summed E-state index contributed by atoms with van der Waals surface area (Å²) in [5.74, 6) is 4.64. The molecule has 2 aliphatic rings. The van der Waals surface area contributed by atoms with Gasteiger partial charge in [0.15, 0.2) is 0 Å². The fourth-order valence-corrected chi connectivity index (χ4v) is 12.3. The molecule has 0 N–H and O–H groups in total. The van der Waals surface area contributed by atoms with Crippen LogP contribution in [0, 0.1) is 44.4 Å². The summed E-state index contributed by atoms with van der Waals surface area (Å²) in [6.07, 6.45) is 5.79. The summed E-state index contributed by atoms with van der Waals surface area (Å²) in [6.45, 7) is 15.7. The summed E-state index contributed by atoms with van der Waals surface area (Å²) in [4.78, 5) is 0. The average molecular weight is 535 g/mol. The molecule has 0 nitrogen and oxygen atoms in total. The van der Waals surface area contributed by atoms with Crippen molar-refractivity contribution in [1.29, 1.82) is 0 Å². The van der Waals surface area contributed by atoms with Gasteiger partial charge in [0, 0.05) is 0 Å². The second-order valence-electron chi connectivity index (χ2n) is 9.92. The molecule has 0 radical (unpaired) electrons. The Morgan fingerprint density at radius 1 is 0.862 bits per heavy atom. The summed E-state index contributed by atoms with van der Waals surface area (Å²) in [5.41, 5.74) is 3.63. The Balaban J connectivity index is 0.00000148. The van der Waals surface area contributed by atoms with Gasteiger partial charge in [0.1, 0.15) is 0 Å². The van der Waals surface area contributed by atoms with E-state index in [0.717, 1.165) is 40.7 Å². The van der Waals surface area contributed by atoms with Gasteiger partial charge in [0.25, 0.3) is 0 Å². The minimum atomic E-state index is -1.21. The third-order valence-electron chi connectivity index (χ3n) is 8.44. The fourth-order valence-electron chi connectivity index (χ4n) is 6.60. The van der Waals surface area contributed by atoms with E-state index in [1.165, 1.54) is 25.7 Å². The van der Waals surface area contributed by atoms with E-state index < -0.39 is 28.9 Å². The van der Waals surface area contributed by atoms with Crippen LogP contribution in [0.2, 0.25) is 24.2 Å². The predicted octanol–water partition coefficient (Wildman–Crippen LogP) is 9.31. The molecule has 0 heterocycles. The third kappa shape index (κ3) is 7.20. The number of rotatable bonds is 4. The van der Waals surface area contributed by atoms with Crippen molar-refractivity contribution >= 4 is 25.1 Å². The van der Waals surface area contributed by atoms with Gasteiger partial charge in [-0.05, 0) is 59.1 Å². The zero-order valence-electron chi connectivity index (χ0n) is 20.0. The molecule has 6 unspecified atom stereocenters. The molecule has 2 aliphatic carbocycles. The first kappa shape index (κ1) is 29.9. The average Bonchev–Trinajstić information content (AvgIpc) is 3.17. The molecule has 4 heteroatoms. The van der Waals surface area contributed by atoms with E-state index in [9.17, 15) is 0 Å². The van der Waals surface area contributed by atoms with Crippen LogP contribution in [-0.2, 0) is 27.3 Å². The molecule has 0 aliphatic heterocycles. The van der Waals surface area contributed by atoms with Crippen LogP contribution in [0.3, 0.4) is 0 Å². The van der Waals surface area contributed by atoms with Gasteiger partial charge in [-0.1, -0.05) is 84.0 Å². The predicted molar refractivity (Wildman–Crippen MR) is 134 cm³/mol. The molecule has 29 heavy (non-hydrogen) atoms. The molecule has 2 saturated carbocycles. The summed E-state index contributed by atoms with van der Waals surface area (Å²) in [6, 6.07) is 11.2. The zero-order valence-corrected chi connectivity index (χ0v) is 25.0. The van der Waals surface area contributed by atoms with Gasteiger partial charge >= 0.3 is 37.9 Å². The van der Waals surface area contributed by atoms with E-state index >= 15 is 0 Å². The van der Waals surface area contributed by atoms with Crippen molar-refractivity contribution in [2.75, 3.05) is 0 Å². The molecule has 1 aromatic rings. The van der Waals surface area contributed by atoms with Crippen molar-refractivity contribution in [3.63, 3.8) is 0 Å². The summed E-state index contributed by atoms with van der Waals surface area (Å²) >= 11 is -0.826. The van der Waals surface area contributed by atoms with Gasteiger partial charge in [-0.25, -0.2) is 0 Å². The van der Waals surface area contributed by atoms with E-state index in [1.54, 1.807) is 5.56 Å². The molecule has 0 amide bonds. The van der Waals surface area contributed by atoms with Crippen LogP contribution in [0.25, 0.3) is 0 Å².